The summed E-state index contributed by atoms with van der Waals surface area (Å²) in [5.74, 6) is 0. The first kappa shape index (κ1) is 25.4. The van der Waals surface area contributed by atoms with Gasteiger partial charge in [0.25, 0.3) is 0 Å². The molecule has 3 heteroatoms. The van der Waals surface area contributed by atoms with Crippen molar-refractivity contribution in [1.82, 2.24) is 0 Å². The molecule has 0 heterocycles. The number of allylic oxidation sites excluding steroid dienone is 2. The van der Waals surface area contributed by atoms with Gasteiger partial charge in [0, 0.05) is 0 Å². The zero-order valence-electron chi connectivity index (χ0n) is 18.9. The molecule has 0 atom stereocenters. The molecule has 3 rings (SSSR count). The van der Waals surface area contributed by atoms with Gasteiger partial charge in [-0.3, -0.25) is 0 Å². The molecule has 0 aliphatic rings. The molecule has 0 N–H and O–H groups in total. The predicted octanol–water partition coefficient (Wildman–Crippen LogP) is 8.51. The van der Waals surface area contributed by atoms with E-state index < -0.39 is 5.31 Å². The van der Waals surface area contributed by atoms with Crippen LogP contribution in [0.15, 0.2) is 103 Å². The van der Waals surface area contributed by atoms with Crippen LogP contribution < -0.4 is 15.9 Å². The van der Waals surface area contributed by atoms with Crippen LogP contribution in [-0.2, 0) is 0 Å². The fraction of sp³-hybridized carbons (Fsp3) is 0.310. The van der Waals surface area contributed by atoms with Crippen LogP contribution in [-0.4, -0.2) is 11.5 Å². The van der Waals surface area contributed by atoms with E-state index in [4.69, 9.17) is 0 Å². The first-order valence-electron chi connectivity index (χ1n) is 11.8. The molecule has 0 radical (unpaired) electrons. The van der Waals surface area contributed by atoms with Crippen LogP contribution in [0.25, 0.3) is 0 Å². The van der Waals surface area contributed by atoms with Gasteiger partial charge in [-0.2, -0.15) is 0 Å². The Kier molecular flexibility index (Phi) is 10.2. The van der Waals surface area contributed by atoms with Gasteiger partial charge in [-0.25, -0.2) is 0 Å². The molecule has 0 fully saturated rings. The van der Waals surface area contributed by atoms with Crippen molar-refractivity contribution < 1.29 is 0 Å². The van der Waals surface area contributed by atoms with E-state index in [0.29, 0.717) is 0 Å². The van der Waals surface area contributed by atoms with E-state index in [1.54, 1.807) is 0 Å². The fourth-order valence-corrected chi connectivity index (χ4v) is 11.9. The van der Waals surface area contributed by atoms with Crippen LogP contribution in [0.3, 0.4) is 0 Å². The van der Waals surface area contributed by atoms with Gasteiger partial charge in [0.05, 0.1) is 0 Å². The first-order valence-corrected chi connectivity index (χ1v) is 17.4. The van der Waals surface area contributed by atoms with Gasteiger partial charge in [0.15, 0.2) is 0 Å². The van der Waals surface area contributed by atoms with Crippen molar-refractivity contribution in [2.75, 3.05) is 11.5 Å². The molecule has 0 aromatic heterocycles. The number of unbranched alkanes of at least 4 members (excludes halogenated alkanes) is 6. The number of hydrogen-bond acceptors (Lipinski definition) is 0. The van der Waals surface area contributed by atoms with Gasteiger partial charge in [0.2, 0.25) is 0 Å². The summed E-state index contributed by atoms with van der Waals surface area (Å²) in [6.07, 6.45) is 15.0. The molecule has 0 amide bonds. The third-order valence-corrected chi connectivity index (χ3v) is 16.4. The molecule has 0 unspecified atom stereocenters. The normalized spacial score (nSPS) is 13.1. The molecule has 3 aromatic carbocycles. The van der Waals surface area contributed by atoms with Crippen LogP contribution in [0, 0.1) is 0 Å². The minimum absolute atomic E-state index is 0.981. The molecule has 0 spiro atoms. The summed E-state index contributed by atoms with van der Waals surface area (Å²) in [5, 5.41) is 2.48. The topological polar surface area (TPSA) is 0 Å². The Labute approximate surface area is 211 Å². The van der Waals surface area contributed by atoms with Crippen molar-refractivity contribution in [2.24, 2.45) is 0 Å². The zero-order valence-corrected chi connectivity index (χ0v) is 22.9. The third-order valence-electron chi connectivity index (χ3n) is 6.25. The second-order valence-corrected chi connectivity index (χ2v) is 18.2. The van der Waals surface area contributed by atoms with Gasteiger partial charge in [-0.1, -0.05) is 0 Å². The van der Waals surface area contributed by atoms with Gasteiger partial charge < -0.3 is 0 Å². The monoisotopic (exact) mass is 572 g/mol. The van der Waals surface area contributed by atoms with Crippen molar-refractivity contribution in [3.05, 3.63) is 103 Å². The van der Waals surface area contributed by atoms with E-state index in [9.17, 15) is 0 Å². The van der Waals surface area contributed by atoms with Gasteiger partial charge >= 0.3 is 212 Å². The van der Waals surface area contributed by atoms with Crippen molar-refractivity contribution in [3.8, 4) is 0 Å². The quantitative estimate of drug-likeness (QED) is 0.0832. The van der Waals surface area contributed by atoms with Crippen molar-refractivity contribution >= 4 is 52.6 Å². The van der Waals surface area contributed by atoms with Crippen molar-refractivity contribution in [3.63, 3.8) is 0 Å². The molecule has 170 valence electrons. The summed E-state index contributed by atoms with van der Waals surface area (Å²) in [5.41, 5.74) is 0. The second kappa shape index (κ2) is 12.9. The first-order chi connectivity index (χ1) is 15.7. The molecule has 0 bridgehead atoms. The van der Waals surface area contributed by atoms with E-state index in [-0.39, 0.29) is 0 Å². The molecule has 32 heavy (non-hydrogen) atoms. The van der Waals surface area contributed by atoms with E-state index in [0.717, 1.165) is 17.9 Å². The molecular weight excluding hydrogens is 539 g/mol. The molecule has 0 aliphatic carbocycles. The number of alkyl halides is 1. The van der Waals surface area contributed by atoms with Crippen LogP contribution >= 0.6 is 36.7 Å². The van der Waals surface area contributed by atoms with Crippen molar-refractivity contribution in [2.45, 2.75) is 44.9 Å². The average molecular weight is 574 g/mol. The number of rotatable bonds is 13. The second-order valence-electron chi connectivity index (χ2n) is 8.44. The number of hydrogen-bond donors (Lipinski definition) is 0. The van der Waals surface area contributed by atoms with E-state index >= 15 is 0 Å². The minimum atomic E-state index is -2.81. The van der Waals surface area contributed by atoms with Crippen LogP contribution in [0.1, 0.15) is 44.9 Å². The fourth-order valence-electron chi connectivity index (χ4n) is 4.43. The summed E-state index contributed by atoms with van der Waals surface area (Å²) < 4.78 is 0. The Morgan fingerprint density at radius 3 is 1.38 bits per heavy atom. The summed E-state index contributed by atoms with van der Waals surface area (Å²) in [6.45, 7) is 0. The molecule has 0 nitrogen and oxygen atoms in total. The Hall–Kier alpha value is -1.21. The van der Waals surface area contributed by atoms with E-state index in [1.165, 1.54) is 54.4 Å². The SMILES string of the molecule is BrCCCCCCCCC=CCP(Br)(c1ccccc1)(c1ccccc1)c1ccccc1. The summed E-state index contributed by atoms with van der Waals surface area (Å²) >= 11 is 8.03. The summed E-state index contributed by atoms with van der Waals surface area (Å²) in [4.78, 5) is 0. The zero-order chi connectivity index (χ0) is 22.6. The third kappa shape index (κ3) is 6.02. The molecule has 0 saturated heterocycles. The van der Waals surface area contributed by atoms with Crippen LogP contribution in [0.4, 0.5) is 0 Å². The van der Waals surface area contributed by atoms with Gasteiger partial charge in [-0.15, -0.1) is 0 Å². The molecule has 3 aromatic rings. The Morgan fingerprint density at radius 2 is 0.938 bits per heavy atom. The standard InChI is InChI=1S/C29H35Br2P/c30-25-17-6-4-2-1-3-5-7-18-26-32(31,27-19-11-8-12-20-27,28-21-13-9-14-22-28)29-23-15-10-16-24-29/h7-16,18-24H,1-6,17,25-26H2. The Bertz CT molecular complexity index is 839. The van der Waals surface area contributed by atoms with E-state index in [1.807, 2.05) is 0 Å². The number of halogens is 2. The maximum atomic E-state index is 4.51. The number of benzene rings is 3. The average Bonchev–Trinajstić information content (AvgIpc) is 2.87. The maximum absolute atomic E-state index is 4.51. The molecule has 0 saturated carbocycles. The van der Waals surface area contributed by atoms with Gasteiger partial charge in [-0.05, 0) is 0 Å². The molecule has 0 aliphatic heterocycles. The van der Waals surface area contributed by atoms with Crippen molar-refractivity contribution in [1.29, 1.82) is 0 Å². The Balaban J connectivity index is 1.85. The summed E-state index contributed by atoms with van der Waals surface area (Å²) in [7, 11) is 0. The van der Waals surface area contributed by atoms with Gasteiger partial charge in [0.1, 0.15) is 0 Å². The molecular formula is C29H35Br2P. The van der Waals surface area contributed by atoms with Crippen LogP contribution in [0.2, 0.25) is 0 Å². The summed E-state index contributed by atoms with van der Waals surface area (Å²) in [6, 6.07) is 33.2. The predicted molar refractivity (Wildman–Crippen MR) is 154 cm³/mol. The van der Waals surface area contributed by atoms with E-state index in [2.05, 4.69) is 135 Å². The van der Waals surface area contributed by atoms with Crippen LogP contribution in [0.5, 0.6) is 0 Å². The Morgan fingerprint density at radius 1 is 0.531 bits per heavy atom.